The number of benzene rings is 4. The van der Waals surface area contributed by atoms with Crippen molar-refractivity contribution in [2.75, 3.05) is 45.6 Å². The molecule has 0 aliphatic heterocycles. The number of amides is 2. The first-order chi connectivity index (χ1) is 22.2. The molecule has 1 atom stereocenters. The molecule has 0 spiro atoms. The van der Waals surface area contributed by atoms with E-state index in [0.29, 0.717) is 39.5 Å². The minimum absolute atomic E-state index is 0.141. The highest BCUT2D eigenvalue weighted by atomic mass is 16.5. The maximum atomic E-state index is 14.5. The van der Waals surface area contributed by atoms with E-state index in [4.69, 9.17) is 14.2 Å². The highest BCUT2D eigenvalue weighted by molar-refractivity contribution is 5.98. The zero-order chi connectivity index (χ0) is 32.8. The van der Waals surface area contributed by atoms with Crippen LogP contribution in [-0.4, -0.2) is 67.1 Å². The zero-order valence-corrected chi connectivity index (χ0v) is 26.9. The summed E-state index contributed by atoms with van der Waals surface area (Å²) in [5.41, 5.74) is 5.29. The summed E-state index contributed by atoms with van der Waals surface area (Å²) in [5.74, 6) is 0.331. The Morgan fingerprint density at radius 2 is 1.52 bits per heavy atom. The number of hydrogen-bond acceptors (Lipinski definition) is 8. The van der Waals surface area contributed by atoms with Crippen LogP contribution >= 0.6 is 0 Å². The van der Waals surface area contributed by atoms with Crippen molar-refractivity contribution in [3.8, 4) is 17.2 Å². The SMILES string of the molecule is COc1cc(C(C(=O)Nc2ccc(N(C)C)cc2)N(Cc2ccccc2C)C(=O)Cn2nnc3ccccc32)cc(OC)c1OC. The van der Waals surface area contributed by atoms with Crippen molar-refractivity contribution >= 4 is 34.2 Å². The standard InChI is InChI=1S/C35H38N6O5/c1-23-11-7-8-12-24(23)21-40(32(42)22-41-29-14-10-9-13-28(29)37-38-41)33(25-19-30(44-4)34(46-6)31(20-25)45-5)35(43)36-26-15-17-27(18-16-26)39(2)3/h7-20,33H,21-22H2,1-6H3,(H,36,43). The molecule has 46 heavy (non-hydrogen) atoms. The number of methoxy groups -OCH3 is 3. The number of aromatic nitrogens is 3. The summed E-state index contributed by atoms with van der Waals surface area (Å²) >= 11 is 0. The van der Waals surface area contributed by atoms with Gasteiger partial charge < -0.3 is 29.3 Å². The second kappa shape index (κ2) is 14.0. The summed E-state index contributed by atoms with van der Waals surface area (Å²) in [7, 11) is 8.42. The maximum absolute atomic E-state index is 14.5. The van der Waals surface area contributed by atoms with Crippen LogP contribution in [-0.2, 0) is 22.7 Å². The lowest BCUT2D eigenvalue weighted by Crippen LogP contribution is -2.42. The number of anilines is 2. The van der Waals surface area contributed by atoms with Crippen molar-refractivity contribution in [3.05, 3.63) is 102 Å². The predicted molar refractivity (Wildman–Crippen MR) is 177 cm³/mol. The molecule has 4 aromatic carbocycles. The van der Waals surface area contributed by atoms with E-state index in [9.17, 15) is 9.59 Å². The molecule has 0 aliphatic rings. The Balaban J connectivity index is 1.64. The summed E-state index contributed by atoms with van der Waals surface area (Å²) in [6.07, 6.45) is 0. The fourth-order valence-corrected chi connectivity index (χ4v) is 5.33. The molecule has 238 valence electrons. The number of hydrogen-bond donors (Lipinski definition) is 1. The molecular weight excluding hydrogens is 584 g/mol. The summed E-state index contributed by atoms with van der Waals surface area (Å²) in [6, 6.07) is 25.0. The smallest absolute Gasteiger partial charge is 0.251 e. The predicted octanol–water partition coefficient (Wildman–Crippen LogP) is 5.24. The Bertz CT molecular complexity index is 1810. The average molecular weight is 623 g/mol. The van der Waals surface area contributed by atoms with Gasteiger partial charge in [-0.15, -0.1) is 5.10 Å². The fourth-order valence-electron chi connectivity index (χ4n) is 5.33. The van der Waals surface area contributed by atoms with Crippen molar-refractivity contribution < 1.29 is 23.8 Å². The van der Waals surface area contributed by atoms with Crippen LogP contribution in [0.15, 0.2) is 84.9 Å². The van der Waals surface area contributed by atoms with Gasteiger partial charge in [0.25, 0.3) is 5.91 Å². The Hall–Kier alpha value is -5.58. The molecule has 5 rings (SSSR count). The van der Waals surface area contributed by atoms with E-state index in [-0.39, 0.29) is 19.0 Å². The van der Waals surface area contributed by atoms with Gasteiger partial charge in [-0.1, -0.05) is 41.6 Å². The highest BCUT2D eigenvalue weighted by Crippen LogP contribution is 2.41. The first-order valence-corrected chi connectivity index (χ1v) is 14.7. The van der Waals surface area contributed by atoms with Crippen LogP contribution in [0.3, 0.4) is 0 Å². The van der Waals surface area contributed by atoms with Gasteiger partial charge in [-0.25, -0.2) is 4.68 Å². The molecule has 0 bridgehead atoms. The maximum Gasteiger partial charge on any atom is 0.251 e. The van der Waals surface area contributed by atoms with Gasteiger partial charge >= 0.3 is 0 Å². The second-order valence-electron chi connectivity index (χ2n) is 11.0. The van der Waals surface area contributed by atoms with Crippen molar-refractivity contribution in [2.24, 2.45) is 0 Å². The normalized spacial score (nSPS) is 11.5. The molecule has 5 aromatic rings. The van der Waals surface area contributed by atoms with Gasteiger partial charge in [0.2, 0.25) is 11.7 Å². The Labute approximate surface area is 268 Å². The second-order valence-corrected chi connectivity index (χ2v) is 11.0. The molecule has 0 fully saturated rings. The van der Waals surface area contributed by atoms with E-state index < -0.39 is 11.9 Å². The van der Waals surface area contributed by atoms with Gasteiger partial charge in [-0.2, -0.15) is 0 Å². The van der Waals surface area contributed by atoms with Gasteiger partial charge in [0.05, 0.1) is 26.8 Å². The molecule has 1 unspecified atom stereocenters. The molecule has 0 saturated carbocycles. The first-order valence-electron chi connectivity index (χ1n) is 14.7. The van der Waals surface area contributed by atoms with Crippen LogP contribution in [0.2, 0.25) is 0 Å². The number of ether oxygens (including phenoxy) is 3. The fraction of sp³-hybridized carbons (Fsp3) is 0.257. The van der Waals surface area contributed by atoms with E-state index in [2.05, 4.69) is 15.6 Å². The van der Waals surface area contributed by atoms with Gasteiger partial charge in [0.1, 0.15) is 18.1 Å². The molecule has 0 radical (unpaired) electrons. The third-order valence-electron chi connectivity index (χ3n) is 7.84. The number of carbonyl (C=O) groups excluding carboxylic acids is 2. The van der Waals surface area contributed by atoms with Crippen LogP contribution in [0.25, 0.3) is 11.0 Å². The van der Waals surface area contributed by atoms with Gasteiger partial charge in [-0.05, 0) is 72.1 Å². The Kier molecular flexibility index (Phi) is 9.70. The minimum Gasteiger partial charge on any atom is -0.493 e. The highest BCUT2D eigenvalue weighted by Gasteiger charge is 2.34. The van der Waals surface area contributed by atoms with Gasteiger partial charge in [-0.3, -0.25) is 9.59 Å². The van der Waals surface area contributed by atoms with Crippen LogP contribution in [0.4, 0.5) is 11.4 Å². The van der Waals surface area contributed by atoms with E-state index in [1.807, 2.05) is 98.7 Å². The lowest BCUT2D eigenvalue weighted by atomic mass is 10.00. The summed E-state index contributed by atoms with van der Waals surface area (Å²) < 4.78 is 18.4. The topological polar surface area (TPSA) is 111 Å². The van der Waals surface area contributed by atoms with Crippen LogP contribution in [0, 0.1) is 6.92 Å². The molecule has 11 nitrogen and oxygen atoms in total. The van der Waals surface area contributed by atoms with Crippen LogP contribution < -0.4 is 24.4 Å². The number of aryl methyl sites for hydroxylation is 1. The number of rotatable bonds is 12. The van der Waals surface area contributed by atoms with Gasteiger partial charge in [0.15, 0.2) is 11.5 Å². The molecule has 2 amide bonds. The van der Waals surface area contributed by atoms with Crippen molar-refractivity contribution in [3.63, 3.8) is 0 Å². The third-order valence-corrected chi connectivity index (χ3v) is 7.84. The summed E-state index contributed by atoms with van der Waals surface area (Å²) in [5, 5.41) is 11.5. The summed E-state index contributed by atoms with van der Waals surface area (Å²) in [4.78, 5) is 32.4. The molecule has 1 aromatic heterocycles. The lowest BCUT2D eigenvalue weighted by Gasteiger charge is -2.32. The Morgan fingerprint density at radius 3 is 2.15 bits per heavy atom. The molecule has 0 saturated heterocycles. The van der Waals surface area contributed by atoms with E-state index >= 15 is 0 Å². The van der Waals surface area contributed by atoms with E-state index in [1.54, 1.807) is 21.7 Å². The molecular formula is C35H38N6O5. The van der Waals surface area contributed by atoms with Crippen LogP contribution in [0.5, 0.6) is 17.2 Å². The van der Waals surface area contributed by atoms with Crippen molar-refractivity contribution in [1.82, 2.24) is 19.9 Å². The Morgan fingerprint density at radius 1 is 0.870 bits per heavy atom. The average Bonchev–Trinajstić information content (AvgIpc) is 3.47. The lowest BCUT2D eigenvalue weighted by molar-refractivity contribution is -0.140. The van der Waals surface area contributed by atoms with Crippen LogP contribution in [0.1, 0.15) is 22.7 Å². The number of para-hydroxylation sites is 1. The minimum atomic E-state index is -1.11. The van der Waals surface area contributed by atoms with Gasteiger partial charge in [0, 0.05) is 32.0 Å². The molecule has 0 aliphatic carbocycles. The molecule has 1 N–H and O–H groups in total. The third kappa shape index (κ3) is 6.73. The van der Waals surface area contributed by atoms with Crippen molar-refractivity contribution in [2.45, 2.75) is 26.1 Å². The molecule has 1 heterocycles. The van der Waals surface area contributed by atoms with E-state index in [1.165, 1.54) is 21.3 Å². The molecule has 11 heteroatoms. The quantitative estimate of drug-likeness (QED) is 0.201. The monoisotopic (exact) mass is 622 g/mol. The van der Waals surface area contributed by atoms with E-state index in [0.717, 1.165) is 16.8 Å². The first kappa shape index (κ1) is 31.8. The number of nitrogens with one attached hydrogen (secondary N) is 1. The largest absolute Gasteiger partial charge is 0.493 e. The van der Waals surface area contributed by atoms with Crippen molar-refractivity contribution in [1.29, 1.82) is 0 Å². The number of nitrogens with zero attached hydrogens (tertiary/aromatic N) is 5. The number of carbonyl (C=O) groups is 2. The number of fused-ring (bicyclic) bond motifs is 1. The zero-order valence-electron chi connectivity index (χ0n) is 26.9. The summed E-state index contributed by atoms with van der Waals surface area (Å²) in [6.45, 7) is 1.98.